The van der Waals surface area contributed by atoms with Gasteiger partial charge in [-0.05, 0) is 42.9 Å². The van der Waals surface area contributed by atoms with E-state index in [1.165, 1.54) is 0 Å². The Hall–Kier alpha value is -2.44. The first-order chi connectivity index (χ1) is 12.3. The smallest absolute Gasteiger partial charge is 0.254 e. The summed E-state index contributed by atoms with van der Waals surface area (Å²) >= 11 is 1.60. The summed E-state index contributed by atoms with van der Waals surface area (Å²) in [5, 5.41) is 6.14. The zero-order chi connectivity index (χ0) is 17.5. The summed E-state index contributed by atoms with van der Waals surface area (Å²) in [4.78, 5) is 5.60. The number of methoxy groups -OCH3 is 1. The van der Waals surface area contributed by atoms with Gasteiger partial charge in [0.25, 0.3) is 5.89 Å². The highest BCUT2D eigenvalue weighted by atomic mass is 32.1. The second-order valence-corrected chi connectivity index (χ2v) is 6.57. The number of nitrogens with zero attached hydrogens (tertiary/aromatic N) is 2. The Kier molecular flexibility index (Phi) is 5.98. The lowest BCUT2D eigenvalue weighted by Gasteiger charge is -2.06. The van der Waals surface area contributed by atoms with Crippen molar-refractivity contribution in [2.24, 2.45) is 0 Å². The van der Waals surface area contributed by atoms with Crippen molar-refractivity contribution in [3.05, 3.63) is 53.2 Å². The van der Waals surface area contributed by atoms with Crippen molar-refractivity contribution in [3.63, 3.8) is 0 Å². The molecule has 1 aromatic carbocycles. The average molecular weight is 356 g/mol. The number of hydrogen-bond acceptors (Lipinski definition) is 5. The Labute approximate surface area is 151 Å². The van der Waals surface area contributed by atoms with Gasteiger partial charge in [0.1, 0.15) is 5.75 Å². The quantitative estimate of drug-likeness (QED) is 0.624. The van der Waals surface area contributed by atoms with E-state index < -0.39 is 0 Å². The second kappa shape index (κ2) is 8.60. The molecular weight excluding hydrogens is 334 g/mol. The van der Waals surface area contributed by atoms with Gasteiger partial charge in [0.05, 0.1) is 18.5 Å². The fraction of sp³-hybridized carbons (Fsp3) is 0.263. The molecule has 0 spiro atoms. The lowest BCUT2D eigenvalue weighted by atomic mass is 10.0. The van der Waals surface area contributed by atoms with Crippen LogP contribution in [0, 0.1) is 0 Å². The van der Waals surface area contributed by atoms with E-state index in [1.54, 1.807) is 18.4 Å². The van der Waals surface area contributed by atoms with Crippen LogP contribution >= 0.6 is 11.3 Å². The van der Waals surface area contributed by atoms with Crippen LogP contribution in [0.1, 0.15) is 30.7 Å². The number of quaternary nitrogens is 1. The van der Waals surface area contributed by atoms with Gasteiger partial charge in [-0.15, -0.1) is 11.3 Å². The van der Waals surface area contributed by atoms with E-state index in [-0.39, 0.29) is 0 Å². The number of benzene rings is 1. The van der Waals surface area contributed by atoms with E-state index in [0.29, 0.717) is 11.7 Å². The third kappa shape index (κ3) is 4.35. The number of thiophene rings is 1. The minimum absolute atomic E-state index is 0.568. The normalized spacial score (nSPS) is 11.7. The Morgan fingerprint density at radius 1 is 1.24 bits per heavy atom. The van der Waals surface area contributed by atoms with E-state index in [2.05, 4.69) is 22.0 Å². The minimum Gasteiger partial charge on any atom is -0.496 e. The summed E-state index contributed by atoms with van der Waals surface area (Å²) in [5.41, 5.74) is 5.94. The highest BCUT2D eigenvalue weighted by Gasteiger charge is 2.14. The van der Waals surface area contributed by atoms with Gasteiger partial charge in [0.15, 0.2) is 0 Å². The number of unbranched alkanes of at least 4 members (excludes halogenated alkanes) is 1. The molecule has 0 saturated carbocycles. The molecule has 0 bridgehead atoms. The Balaban J connectivity index is 1.93. The molecule has 130 valence electrons. The van der Waals surface area contributed by atoms with Crippen molar-refractivity contribution in [1.82, 2.24) is 10.1 Å². The molecule has 3 rings (SSSR count). The molecule has 3 N–H and O–H groups in total. The topological polar surface area (TPSA) is 75.8 Å². The van der Waals surface area contributed by atoms with Crippen molar-refractivity contribution in [2.45, 2.75) is 19.3 Å². The number of allylic oxidation sites excluding steroid dienone is 1. The summed E-state index contributed by atoms with van der Waals surface area (Å²) in [6.07, 6.45) is 5.03. The fourth-order valence-electron chi connectivity index (χ4n) is 2.57. The largest absolute Gasteiger partial charge is 0.496 e. The molecular formula is C19H22N3O2S+. The van der Waals surface area contributed by atoms with Gasteiger partial charge in [-0.1, -0.05) is 29.4 Å². The van der Waals surface area contributed by atoms with Crippen molar-refractivity contribution in [1.29, 1.82) is 0 Å². The molecule has 0 amide bonds. The Morgan fingerprint density at radius 3 is 2.88 bits per heavy atom. The maximum Gasteiger partial charge on any atom is 0.254 e. The van der Waals surface area contributed by atoms with Crippen LogP contribution in [-0.2, 0) is 0 Å². The van der Waals surface area contributed by atoms with Crippen molar-refractivity contribution in [2.75, 3.05) is 13.7 Å². The number of hydrogen-bond donors (Lipinski definition) is 1. The van der Waals surface area contributed by atoms with Gasteiger partial charge in [-0.3, -0.25) is 0 Å². The Bertz CT molecular complexity index is 825. The first-order valence-corrected chi connectivity index (χ1v) is 9.20. The number of aromatic nitrogens is 2. The lowest BCUT2D eigenvalue weighted by molar-refractivity contribution is -0.368. The van der Waals surface area contributed by atoms with Crippen LogP contribution < -0.4 is 10.5 Å². The zero-order valence-corrected chi connectivity index (χ0v) is 15.1. The maximum absolute atomic E-state index is 5.55. The maximum atomic E-state index is 5.55. The first-order valence-electron chi connectivity index (χ1n) is 8.32. The zero-order valence-electron chi connectivity index (χ0n) is 14.3. The molecule has 25 heavy (non-hydrogen) atoms. The SMILES string of the molecule is COc1ccccc1/C=C(\CCCC[NH3+])c1nc(-c2cccs2)no1. The van der Waals surface area contributed by atoms with Gasteiger partial charge in [-0.25, -0.2) is 0 Å². The van der Waals surface area contributed by atoms with Gasteiger partial charge in [0.2, 0.25) is 5.82 Å². The third-order valence-electron chi connectivity index (χ3n) is 3.86. The molecule has 0 aliphatic rings. The van der Waals surface area contributed by atoms with E-state index in [9.17, 15) is 0 Å². The molecule has 0 saturated heterocycles. The van der Waals surface area contributed by atoms with Gasteiger partial charge in [0, 0.05) is 11.1 Å². The lowest BCUT2D eigenvalue weighted by Crippen LogP contribution is -2.50. The van der Waals surface area contributed by atoms with Gasteiger partial charge in [-0.2, -0.15) is 4.98 Å². The molecule has 0 radical (unpaired) electrons. The second-order valence-electron chi connectivity index (χ2n) is 5.62. The summed E-state index contributed by atoms with van der Waals surface area (Å²) in [6.45, 7) is 0.923. The first kappa shape index (κ1) is 17.4. The summed E-state index contributed by atoms with van der Waals surface area (Å²) < 4.78 is 11.0. The molecule has 0 unspecified atom stereocenters. The van der Waals surface area contributed by atoms with E-state index in [1.807, 2.05) is 41.8 Å². The predicted octanol–water partition coefficient (Wildman–Crippen LogP) is 3.76. The molecule has 2 aromatic heterocycles. The molecule has 0 atom stereocenters. The summed E-state index contributed by atoms with van der Waals surface area (Å²) in [7, 11) is 1.68. The van der Waals surface area contributed by atoms with Gasteiger partial charge < -0.3 is 15.0 Å². The number of para-hydroxylation sites is 1. The fourth-order valence-corrected chi connectivity index (χ4v) is 3.22. The highest BCUT2D eigenvalue weighted by molar-refractivity contribution is 7.13. The summed E-state index contributed by atoms with van der Waals surface area (Å²) in [6, 6.07) is 11.9. The van der Waals surface area contributed by atoms with Crippen LogP contribution in [0.25, 0.3) is 22.4 Å². The monoisotopic (exact) mass is 356 g/mol. The molecule has 6 heteroatoms. The van der Waals surface area contributed by atoms with Crippen LogP contribution in [0.4, 0.5) is 0 Å². The Morgan fingerprint density at radius 2 is 2.12 bits per heavy atom. The van der Waals surface area contributed by atoms with Crippen molar-refractivity contribution < 1.29 is 15.0 Å². The van der Waals surface area contributed by atoms with Gasteiger partial charge >= 0.3 is 0 Å². The highest BCUT2D eigenvalue weighted by Crippen LogP contribution is 2.29. The van der Waals surface area contributed by atoms with Crippen LogP contribution in [-0.4, -0.2) is 23.8 Å². The average Bonchev–Trinajstić information content (AvgIpc) is 3.33. The van der Waals surface area contributed by atoms with Crippen LogP contribution in [0.5, 0.6) is 5.75 Å². The predicted molar refractivity (Wildman–Crippen MR) is 100 cm³/mol. The molecule has 5 nitrogen and oxygen atoms in total. The van der Waals surface area contributed by atoms with Crippen molar-refractivity contribution >= 4 is 23.0 Å². The number of rotatable bonds is 8. The van der Waals surface area contributed by atoms with Crippen LogP contribution in [0.3, 0.4) is 0 Å². The van der Waals surface area contributed by atoms with E-state index in [0.717, 1.165) is 47.6 Å². The minimum atomic E-state index is 0.568. The van der Waals surface area contributed by atoms with Crippen molar-refractivity contribution in [3.8, 4) is 16.5 Å². The molecule has 2 heterocycles. The standard InChI is InChI=1S/C19H21N3O2S/c1-23-16-9-3-2-7-14(16)13-15(8-4-5-11-20)19-21-18(22-24-19)17-10-6-12-25-17/h2-3,6-7,9-10,12-13H,4-5,8,11,20H2,1H3/p+1/b15-13+. The number of ether oxygens (including phenoxy) is 1. The molecule has 0 aliphatic carbocycles. The molecule has 3 aromatic rings. The summed E-state index contributed by atoms with van der Waals surface area (Å²) in [5.74, 6) is 2.03. The van der Waals surface area contributed by atoms with E-state index in [4.69, 9.17) is 9.26 Å². The van der Waals surface area contributed by atoms with Crippen LogP contribution in [0.2, 0.25) is 0 Å². The molecule has 0 fully saturated rings. The third-order valence-corrected chi connectivity index (χ3v) is 4.72. The van der Waals surface area contributed by atoms with E-state index >= 15 is 0 Å². The van der Waals surface area contributed by atoms with Crippen LogP contribution in [0.15, 0.2) is 46.3 Å². The molecule has 0 aliphatic heterocycles.